The quantitative estimate of drug-likeness (QED) is 0.562. The molecule has 158 valence electrons. The van der Waals surface area contributed by atoms with E-state index in [0.29, 0.717) is 6.07 Å². The number of nitrogens with zero attached hydrogens (tertiary/aromatic N) is 3. The SMILES string of the molecule is COc1nc(N2C[C@H]3C(=O)NC(=N)N[C@@]3(c3ccc(F)cc3F)C2)nc(CO)c1F. The number of carbonyl (C=O) groups is 1. The molecule has 4 rings (SSSR count). The summed E-state index contributed by atoms with van der Waals surface area (Å²) in [7, 11) is 1.20. The van der Waals surface area contributed by atoms with Crippen molar-refractivity contribution in [2.75, 3.05) is 25.1 Å². The Morgan fingerprint density at radius 1 is 1.37 bits per heavy atom. The molecule has 2 aliphatic rings. The number of benzene rings is 1. The summed E-state index contributed by atoms with van der Waals surface area (Å²) < 4.78 is 47.2. The number of guanidine groups is 1. The van der Waals surface area contributed by atoms with Crippen LogP contribution in [0.5, 0.6) is 5.88 Å². The highest BCUT2D eigenvalue weighted by atomic mass is 19.1. The third-order valence-corrected chi connectivity index (χ3v) is 5.27. The van der Waals surface area contributed by atoms with Gasteiger partial charge in [0.2, 0.25) is 17.7 Å². The Balaban J connectivity index is 1.82. The second-order valence-electron chi connectivity index (χ2n) is 6.97. The fourth-order valence-electron chi connectivity index (χ4n) is 3.93. The maximum atomic E-state index is 14.7. The van der Waals surface area contributed by atoms with Crippen LogP contribution in [0.4, 0.5) is 19.1 Å². The Bertz CT molecular complexity index is 1030. The fourth-order valence-corrected chi connectivity index (χ4v) is 3.93. The number of halogens is 3. The van der Waals surface area contributed by atoms with Crippen molar-refractivity contribution in [1.29, 1.82) is 5.41 Å². The third-order valence-electron chi connectivity index (χ3n) is 5.27. The van der Waals surface area contributed by atoms with Crippen LogP contribution >= 0.6 is 0 Å². The van der Waals surface area contributed by atoms with E-state index in [0.717, 1.165) is 6.07 Å². The highest BCUT2D eigenvalue weighted by Crippen LogP contribution is 2.41. The summed E-state index contributed by atoms with van der Waals surface area (Å²) in [6.45, 7) is -0.811. The van der Waals surface area contributed by atoms with Crippen LogP contribution in [0.15, 0.2) is 18.2 Å². The second-order valence-corrected chi connectivity index (χ2v) is 6.97. The topological polar surface area (TPSA) is 123 Å². The van der Waals surface area contributed by atoms with Crippen LogP contribution in [0, 0.1) is 28.8 Å². The zero-order valence-electron chi connectivity index (χ0n) is 15.7. The first-order valence-corrected chi connectivity index (χ1v) is 8.88. The molecule has 0 saturated carbocycles. The van der Waals surface area contributed by atoms with Crippen LogP contribution in [-0.2, 0) is 16.9 Å². The van der Waals surface area contributed by atoms with E-state index < -0.39 is 47.3 Å². The van der Waals surface area contributed by atoms with Gasteiger partial charge in [-0.15, -0.1) is 0 Å². The zero-order valence-corrected chi connectivity index (χ0v) is 15.7. The highest BCUT2D eigenvalue weighted by molar-refractivity contribution is 6.01. The van der Waals surface area contributed by atoms with Gasteiger partial charge < -0.3 is 20.1 Å². The summed E-state index contributed by atoms with van der Waals surface area (Å²) in [6, 6.07) is 2.97. The average molecular weight is 422 g/mol. The fraction of sp³-hybridized carbons (Fsp3) is 0.333. The molecule has 0 unspecified atom stereocenters. The van der Waals surface area contributed by atoms with Gasteiger partial charge in [-0.3, -0.25) is 15.5 Å². The average Bonchev–Trinajstić information content (AvgIpc) is 3.08. The number of hydrogen-bond donors (Lipinski definition) is 4. The lowest BCUT2D eigenvalue weighted by Crippen LogP contribution is -2.64. The van der Waals surface area contributed by atoms with Crippen molar-refractivity contribution in [2.24, 2.45) is 5.92 Å². The van der Waals surface area contributed by atoms with Gasteiger partial charge in [0.25, 0.3) is 5.88 Å². The van der Waals surface area contributed by atoms with Gasteiger partial charge in [-0.2, -0.15) is 9.37 Å². The number of fused-ring (bicyclic) bond motifs is 1. The van der Waals surface area contributed by atoms with Crippen molar-refractivity contribution >= 4 is 17.8 Å². The molecule has 12 heteroatoms. The lowest BCUT2D eigenvalue weighted by atomic mass is 9.78. The monoisotopic (exact) mass is 422 g/mol. The zero-order chi connectivity index (χ0) is 21.6. The number of ether oxygens (including phenoxy) is 1. The highest BCUT2D eigenvalue weighted by Gasteiger charge is 2.56. The van der Waals surface area contributed by atoms with E-state index in [-0.39, 0.29) is 36.3 Å². The van der Waals surface area contributed by atoms with E-state index in [1.54, 1.807) is 0 Å². The number of amides is 1. The first kappa shape index (κ1) is 19.9. The number of aliphatic hydroxyl groups is 1. The molecule has 30 heavy (non-hydrogen) atoms. The summed E-state index contributed by atoms with van der Waals surface area (Å²) in [5.74, 6) is -4.81. The molecule has 1 amide bonds. The molecule has 0 bridgehead atoms. The van der Waals surface area contributed by atoms with Crippen LogP contribution in [0.2, 0.25) is 0 Å². The van der Waals surface area contributed by atoms with Gasteiger partial charge in [0, 0.05) is 24.7 Å². The number of methoxy groups -OCH3 is 1. The first-order chi connectivity index (χ1) is 14.3. The van der Waals surface area contributed by atoms with Gasteiger partial charge >= 0.3 is 0 Å². The van der Waals surface area contributed by atoms with Gasteiger partial charge in [0.15, 0.2) is 5.96 Å². The minimum atomic E-state index is -1.42. The molecule has 1 aromatic carbocycles. The van der Waals surface area contributed by atoms with Gasteiger partial charge in [-0.25, -0.2) is 13.8 Å². The molecule has 4 N–H and O–H groups in total. The summed E-state index contributed by atoms with van der Waals surface area (Å²) in [4.78, 5) is 22.1. The molecule has 0 spiro atoms. The van der Waals surface area contributed by atoms with Crippen LogP contribution in [0.1, 0.15) is 11.3 Å². The molecule has 1 aromatic heterocycles. The molecule has 0 radical (unpaired) electrons. The van der Waals surface area contributed by atoms with Crippen molar-refractivity contribution < 1.29 is 27.8 Å². The molecular weight excluding hydrogens is 405 g/mol. The van der Waals surface area contributed by atoms with Gasteiger partial charge in [-0.05, 0) is 6.07 Å². The lowest BCUT2D eigenvalue weighted by Gasteiger charge is -2.40. The van der Waals surface area contributed by atoms with Gasteiger partial charge in [0.05, 0.1) is 25.2 Å². The summed E-state index contributed by atoms with van der Waals surface area (Å²) >= 11 is 0. The molecule has 2 atom stereocenters. The van der Waals surface area contributed by atoms with E-state index in [2.05, 4.69) is 20.6 Å². The minimum absolute atomic E-state index is 0.00698. The van der Waals surface area contributed by atoms with Crippen LogP contribution in [-0.4, -0.2) is 47.1 Å². The molecular formula is C18H17F3N6O3. The van der Waals surface area contributed by atoms with Crippen molar-refractivity contribution in [3.63, 3.8) is 0 Å². The van der Waals surface area contributed by atoms with Crippen molar-refractivity contribution in [2.45, 2.75) is 12.1 Å². The predicted molar refractivity (Wildman–Crippen MR) is 97.2 cm³/mol. The number of hydrogen-bond acceptors (Lipinski definition) is 7. The lowest BCUT2D eigenvalue weighted by molar-refractivity contribution is -0.126. The Labute approximate surface area is 168 Å². The summed E-state index contributed by atoms with van der Waals surface area (Å²) in [6.07, 6.45) is 0. The van der Waals surface area contributed by atoms with E-state index >= 15 is 0 Å². The predicted octanol–water partition coefficient (Wildman–Crippen LogP) is 0.381. The molecule has 0 aliphatic carbocycles. The van der Waals surface area contributed by atoms with Gasteiger partial charge in [-0.1, -0.05) is 6.07 Å². The number of aliphatic hydroxyl groups excluding tert-OH is 1. The summed E-state index contributed by atoms with van der Waals surface area (Å²) in [5.41, 5.74) is -1.73. The second kappa shape index (κ2) is 7.13. The first-order valence-electron chi connectivity index (χ1n) is 8.88. The van der Waals surface area contributed by atoms with Crippen molar-refractivity contribution in [3.8, 4) is 5.88 Å². The minimum Gasteiger partial charge on any atom is -0.479 e. The van der Waals surface area contributed by atoms with Gasteiger partial charge in [0.1, 0.15) is 17.3 Å². The largest absolute Gasteiger partial charge is 0.479 e. The molecule has 2 aromatic rings. The van der Waals surface area contributed by atoms with Crippen LogP contribution in [0.25, 0.3) is 0 Å². The van der Waals surface area contributed by atoms with Crippen LogP contribution in [0.3, 0.4) is 0 Å². The van der Waals surface area contributed by atoms with Crippen LogP contribution < -0.4 is 20.3 Å². The Morgan fingerprint density at radius 2 is 2.13 bits per heavy atom. The molecule has 2 aliphatic heterocycles. The van der Waals surface area contributed by atoms with E-state index in [9.17, 15) is 23.1 Å². The maximum absolute atomic E-state index is 14.7. The number of carbonyl (C=O) groups excluding carboxylic acids is 1. The number of nitrogens with one attached hydrogen (secondary N) is 3. The molecule has 9 nitrogen and oxygen atoms in total. The number of aromatic nitrogens is 2. The molecule has 2 saturated heterocycles. The standard InChI is InChI=1S/C18H17F3N6O3/c1-30-15-13(21)12(6-28)23-17(25-15)27-5-10-14(29)24-16(22)26-18(10,7-27)9-3-2-8(19)4-11(9)20/h2-4,10,28H,5-7H2,1H3,(H3,22,24,26,29)/t10-,18+/m0/s1. The van der Waals surface area contributed by atoms with Crippen molar-refractivity contribution in [1.82, 2.24) is 20.6 Å². The Kier molecular flexibility index (Phi) is 4.73. The van der Waals surface area contributed by atoms with E-state index in [1.807, 2.05) is 0 Å². The number of rotatable bonds is 4. The summed E-state index contributed by atoms with van der Waals surface area (Å²) in [5, 5.41) is 22.4. The van der Waals surface area contributed by atoms with E-state index in [4.69, 9.17) is 10.1 Å². The van der Waals surface area contributed by atoms with Crippen molar-refractivity contribution in [3.05, 3.63) is 46.9 Å². The molecule has 2 fully saturated rings. The normalized spacial score (nSPS) is 23.1. The Hall–Kier alpha value is -3.41. The maximum Gasteiger partial charge on any atom is 0.255 e. The molecule has 3 heterocycles. The Morgan fingerprint density at radius 3 is 2.80 bits per heavy atom. The number of anilines is 1. The third kappa shape index (κ3) is 3.00. The van der Waals surface area contributed by atoms with E-state index in [1.165, 1.54) is 18.1 Å². The smallest absolute Gasteiger partial charge is 0.255 e.